The molecule has 204 valence electrons. The summed E-state index contributed by atoms with van der Waals surface area (Å²) in [4.78, 5) is 47.7. The number of nitrogens with zero attached hydrogens (tertiary/aromatic N) is 2. The zero-order valence-electron chi connectivity index (χ0n) is 22.3. The summed E-state index contributed by atoms with van der Waals surface area (Å²) in [5.41, 5.74) is 4.26. The van der Waals surface area contributed by atoms with Crippen LogP contribution in [-0.2, 0) is 16.0 Å². The van der Waals surface area contributed by atoms with E-state index in [9.17, 15) is 14.4 Å². The highest BCUT2D eigenvalue weighted by Crippen LogP contribution is 2.45. The Morgan fingerprint density at radius 1 is 1.00 bits per heavy atom. The number of fused-ring (bicyclic) bond motifs is 4. The van der Waals surface area contributed by atoms with Crippen molar-refractivity contribution < 1.29 is 23.9 Å². The summed E-state index contributed by atoms with van der Waals surface area (Å²) < 4.78 is 10.4. The van der Waals surface area contributed by atoms with Gasteiger partial charge in [-0.2, -0.15) is 0 Å². The molecule has 1 saturated heterocycles. The molecule has 2 aliphatic rings. The molecule has 0 spiro atoms. The summed E-state index contributed by atoms with van der Waals surface area (Å²) in [6.45, 7) is 0.933. The Morgan fingerprint density at radius 3 is 2.52 bits per heavy atom. The number of aromatic nitrogens is 1. The van der Waals surface area contributed by atoms with Crippen LogP contribution in [0.4, 0.5) is 10.5 Å². The third kappa shape index (κ3) is 4.19. The molecular weight excluding hydrogens is 508 g/mol. The Hall–Kier alpha value is -4.63. The van der Waals surface area contributed by atoms with Crippen molar-refractivity contribution in [2.45, 2.75) is 24.9 Å². The number of amides is 4. The Kier molecular flexibility index (Phi) is 6.73. The van der Waals surface area contributed by atoms with Gasteiger partial charge in [-0.05, 0) is 47.9 Å². The first-order valence-electron chi connectivity index (χ1n) is 13.3. The van der Waals surface area contributed by atoms with Crippen LogP contribution >= 0.6 is 0 Å². The van der Waals surface area contributed by atoms with Crippen molar-refractivity contribution in [3.05, 3.63) is 95.2 Å². The quantitative estimate of drug-likeness (QED) is 0.255. The molecule has 4 amide bonds. The van der Waals surface area contributed by atoms with Crippen molar-refractivity contribution in [3.63, 3.8) is 0 Å². The second-order valence-electron chi connectivity index (χ2n) is 9.94. The number of nitrogens with one attached hydrogen (secondary N) is 2. The molecule has 0 radical (unpaired) electrons. The molecule has 0 saturated carbocycles. The normalized spacial score (nSPS) is 18.1. The third-order valence-electron chi connectivity index (χ3n) is 7.68. The van der Waals surface area contributed by atoms with Gasteiger partial charge in [-0.1, -0.05) is 42.5 Å². The number of carbonyl (C=O) groups is 3. The highest BCUT2D eigenvalue weighted by Gasteiger charge is 2.53. The molecule has 40 heavy (non-hydrogen) atoms. The van der Waals surface area contributed by atoms with E-state index in [4.69, 9.17) is 9.47 Å². The van der Waals surface area contributed by atoms with E-state index >= 15 is 0 Å². The van der Waals surface area contributed by atoms with Crippen LogP contribution in [0.5, 0.6) is 5.75 Å². The second kappa shape index (κ2) is 10.5. The molecule has 9 nitrogen and oxygen atoms in total. The van der Waals surface area contributed by atoms with Crippen molar-refractivity contribution in [2.24, 2.45) is 0 Å². The number of ether oxygens (including phenoxy) is 2. The molecule has 0 aliphatic carbocycles. The van der Waals surface area contributed by atoms with Gasteiger partial charge in [0.25, 0.3) is 11.8 Å². The predicted molar refractivity (Wildman–Crippen MR) is 151 cm³/mol. The number of para-hydroxylation sites is 2. The van der Waals surface area contributed by atoms with Crippen LogP contribution in [0, 0.1) is 0 Å². The minimum Gasteiger partial charge on any atom is -0.497 e. The predicted octanol–water partition coefficient (Wildman–Crippen LogP) is 4.43. The molecule has 6 rings (SSSR count). The Bertz CT molecular complexity index is 1600. The fourth-order valence-corrected chi connectivity index (χ4v) is 5.80. The summed E-state index contributed by atoms with van der Waals surface area (Å²) in [5.74, 6) is 0.00281. The summed E-state index contributed by atoms with van der Waals surface area (Å²) >= 11 is 0. The number of hydrogen-bond acceptors (Lipinski definition) is 5. The fourth-order valence-electron chi connectivity index (χ4n) is 5.80. The van der Waals surface area contributed by atoms with Gasteiger partial charge in [-0.25, -0.2) is 9.69 Å². The van der Waals surface area contributed by atoms with Gasteiger partial charge in [-0.15, -0.1) is 0 Å². The number of urea groups is 1. The molecule has 1 fully saturated rings. The fraction of sp³-hybridized carbons (Fsp3) is 0.258. The lowest BCUT2D eigenvalue weighted by atomic mass is 9.89. The Morgan fingerprint density at radius 2 is 1.75 bits per heavy atom. The number of hydrogen-bond donors (Lipinski definition) is 2. The van der Waals surface area contributed by atoms with E-state index < -0.39 is 18.1 Å². The van der Waals surface area contributed by atoms with Gasteiger partial charge in [0.15, 0.2) is 0 Å². The summed E-state index contributed by atoms with van der Waals surface area (Å²) in [7, 11) is 3.21. The van der Waals surface area contributed by atoms with Gasteiger partial charge in [-0.3, -0.25) is 14.5 Å². The highest BCUT2D eigenvalue weighted by atomic mass is 16.5. The summed E-state index contributed by atoms with van der Waals surface area (Å²) in [6.07, 6.45) is 1.02. The first kappa shape index (κ1) is 25.6. The van der Waals surface area contributed by atoms with Gasteiger partial charge >= 0.3 is 6.03 Å². The monoisotopic (exact) mass is 538 g/mol. The number of rotatable bonds is 8. The van der Waals surface area contributed by atoms with E-state index in [1.54, 1.807) is 43.4 Å². The lowest BCUT2D eigenvalue weighted by molar-refractivity contribution is -0.120. The molecule has 4 aromatic rings. The Balaban J connectivity index is 1.42. The van der Waals surface area contributed by atoms with Crippen LogP contribution in [0.3, 0.4) is 0 Å². The molecule has 2 aliphatic heterocycles. The average molecular weight is 539 g/mol. The number of imide groups is 1. The molecule has 3 heterocycles. The van der Waals surface area contributed by atoms with Gasteiger partial charge in [0, 0.05) is 43.3 Å². The van der Waals surface area contributed by atoms with Crippen molar-refractivity contribution >= 4 is 34.4 Å². The van der Waals surface area contributed by atoms with E-state index in [-0.39, 0.29) is 23.1 Å². The van der Waals surface area contributed by atoms with E-state index in [2.05, 4.69) is 10.3 Å². The maximum absolute atomic E-state index is 14.2. The van der Waals surface area contributed by atoms with Crippen LogP contribution in [-0.4, -0.2) is 61.1 Å². The molecule has 2 N–H and O–H groups in total. The van der Waals surface area contributed by atoms with Crippen LogP contribution in [0.25, 0.3) is 10.9 Å². The lowest BCUT2D eigenvalue weighted by Gasteiger charge is -2.36. The number of benzene rings is 3. The van der Waals surface area contributed by atoms with Crippen molar-refractivity contribution in [1.29, 1.82) is 0 Å². The number of H-pyrrole nitrogens is 1. The van der Waals surface area contributed by atoms with Gasteiger partial charge in [0.05, 0.1) is 18.4 Å². The smallest absolute Gasteiger partial charge is 0.332 e. The van der Waals surface area contributed by atoms with Gasteiger partial charge in [0.1, 0.15) is 17.8 Å². The van der Waals surface area contributed by atoms with Crippen molar-refractivity contribution in [2.75, 3.05) is 32.3 Å². The maximum Gasteiger partial charge on any atom is 0.332 e. The minimum atomic E-state index is -0.718. The van der Waals surface area contributed by atoms with Crippen LogP contribution in [0.2, 0.25) is 0 Å². The molecular formula is C31H30N4O5. The molecule has 1 aromatic heterocycles. The van der Waals surface area contributed by atoms with E-state index in [1.165, 1.54) is 4.90 Å². The highest BCUT2D eigenvalue weighted by molar-refractivity contribution is 6.24. The van der Waals surface area contributed by atoms with E-state index in [0.717, 1.165) is 27.7 Å². The molecule has 2 atom stereocenters. The SMILES string of the molecule is COCCCNC(=O)c1ccccc1N1C(=O)[C@@H]2Cc3c([nH]c4ccccc34)[C@@H](c3ccc(OC)cc3)N2C1=O. The minimum absolute atomic E-state index is 0.270. The standard InChI is InChI=1S/C31H30N4O5/c1-39-17-7-16-32-29(36)22-9-4-6-11-25(22)35-30(37)26-18-23-21-8-3-5-10-24(21)33-27(23)28(34(26)31(35)38)19-12-14-20(40-2)15-13-19/h3-6,8-15,26,28,33H,7,16-18H2,1-2H3,(H,32,36)/t26-,28+/m0/s1. The van der Waals surface area contributed by atoms with Gasteiger partial charge < -0.3 is 19.8 Å². The van der Waals surface area contributed by atoms with Crippen LogP contribution in [0.1, 0.15) is 39.6 Å². The summed E-state index contributed by atoms with van der Waals surface area (Å²) in [5, 5.41) is 3.90. The molecule has 3 aromatic carbocycles. The van der Waals surface area contributed by atoms with Gasteiger partial charge in [0.2, 0.25) is 0 Å². The lowest BCUT2D eigenvalue weighted by Crippen LogP contribution is -2.44. The molecule has 0 unspecified atom stereocenters. The summed E-state index contributed by atoms with van der Waals surface area (Å²) in [6, 6.07) is 20.5. The van der Waals surface area contributed by atoms with Crippen molar-refractivity contribution in [3.8, 4) is 5.75 Å². The van der Waals surface area contributed by atoms with Crippen LogP contribution in [0.15, 0.2) is 72.8 Å². The molecule has 9 heteroatoms. The number of aromatic amines is 1. The Labute approximate surface area is 231 Å². The number of carbonyl (C=O) groups excluding carboxylic acids is 3. The maximum atomic E-state index is 14.2. The van der Waals surface area contributed by atoms with Crippen LogP contribution < -0.4 is 15.0 Å². The molecule has 0 bridgehead atoms. The number of anilines is 1. The zero-order chi connectivity index (χ0) is 27.8. The van der Waals surface area contributed by atoms with E-state index in [1.807, 2.05) is 48.5 Å². The largest absolute Gasteiger partial charge is 0.497 e. The second-order valence-corrected chi connectivity index (χ2v) is 9.94. The first-order chi connectivity index (χ1) is 19.5. The zero-order valence-corrected chi connectivity index (χ0v) is 22.3. The first-order valence-corrected chi connectivity index (χ1v) is 13.3. The topological polar surface area (TPSA) is 104 Å². The van der Waals surface area contributed by atoms with E-state index in [0.29, 0.717) is 31.7 Å². The third-order valence-corrected chi connectivity index (χ3v) is 7.68. The number of methoxy groups -OCH3 is 2. The van der Waals surface area contributed by atoms with Crippen molar-refractivity contribution in [1.82, 2.24) is 15.2 Å². The average Bonchev–Trinajstić information content (AvgIpc) is 3.48.